The number of rotatable bonds is 2. The van der Waals surface area contributed by atoms with Gasteiger partial charge in [0.25, 0.3) is 5.91 Å². The highest BCUT2D eigenvalue weighted by Crippen LogP contribution is 2.39. The molecule has 0 saturated carbocycles. The minimum atomic E-state index is -0.128. The van der Waals surface area contributed by atoms with Gasteiger partial charge in [-0.25, -0.2) is 0 Å². The van der Waals surface area contributed by atoms with Crippen LogP contribution in [0.3, 0.4) is 0 Å². The van der Waals surface area contributed by atoms with E-state index >= 15 is 0 Å². The number of hydrogen-bond donors (Lipinski definition) is 1. The number of benzene rings is 1. The summed E-state index contributed by atoms with van der Waals surface area (Å²) in [6.07, 6.45) is 2.32. The molecule has 1 atom stereocenters. The summed E-state index contributed by atoms with van der Waals surface area (Å²) >= 11 is 0. The molecule has 116 valence electrons. The summed E-state index contributed by atoms with van der Waals surface area (Å²) in [7, 11) is 0. The zero-order chi connectivity index (χ0) is 15.3. The highest BCUT2D eigenvalue weighted by Gasteiger charge is 2.48. The van der Waals surface area contributed by atoms with Gasteiger partial charge >= 0.3 is 0 Å². The zero-order valence-corrected chi connectivity index (χ0v) is 13.0. The number of nitrogens with zero attached hydrogens (tertiary/aromatic N) is 2. The second kappa shape index (κ2) is 4.81. The molecule has 5 heteroatoms. The highest BCUT2D eigenvalue weighted by atomic mass is 16.5. The fraction of sp³-hybridized carbons (Fsp3) is 0.529. The number of fused-ring (bicyclic) bond motifs is 4. The Morgan fingerprint density at radius 1 is 1.32 bits per heavy atom. The van der Waals surface area contributed by atoms with Crippen molar-refractivity contribution < 1.29 is 9.32 Å². The standard InChI is InChI=1S/C17H21N3O2/c1-17(2)15(11-7-9-20(17)10-8-11)18-16(21)14-12-5-3-4-6-13(12)22-19-14/h3-6,11,15H,7-10H2,1-2H3,(H,18,21)/t15-/m1/s1. The van der Waals surface area contributed by atoms with Gasteiger partial charge in [-0.05, 0) is 57.8 Å². The lowest BCUT2D eigenvalue weighted by Gasteiger charge is -2.56. The van der Waals surface area contributed by atoms with Crippen LogP contribution < -0.4 is 5.32 Å². The normalized spacial score (nSPS) is 29.6. The van der Waals surface area contributed by atoms with E-state index in [1.54, 1.807) is 0 Å². The van der Waals surface area contributed by atoms with Crippen molar-refractivity contribution in [2.24, 2.45) is 5.92 Å². The number of amides is 1. The van der Waals surface area contributed by atoms with E-state index in [2.05, 4.69) is 29.2 Å². The van der Waals surface area contributed by atoms with Crippen LogP contribution in [0.1, 0.15) is 37.2 Å². The molecule has 5 rings (SSSR count). The summed E-state index contributed by atoms with van der Waals surface area (Å²) in [6.45, 7) is 6.72. The Labute approximate surface area is 129 Å². The smallest absolute Gasteiger partial charge is 0.274 e. The van der Waals surface area contributed by atoms with Crippen molar-refractivity contribution in [2.45, 2.75) is 38.3 Å². The minimum Gasteiger partial charge on any atom is -0.355 e. The molecule has 1 aromatic carbocycles. The van der Waals surface area contributed by atoms with Crippen molar-refractivity contribution in [3.8, 4) is 0 Å². The molecule has 4 heterocycles. The van der Waals surface area contributed by atoms with Gasteiger partial charge in [-0.1, -0.05) is 17.3 Å². The Hall–Kier alpha value is -1.88. The topological polar surface area (TPSA) is 58.4 Å². The first-order valence-corrected chi connectivity index (χ1v) is 7.98. The quantitative estimate of drug-likeness (QED) is 0.925. The van der Waals surface area contributed by atoms with Gasteiger partial charge in [-0.2, -0.15) is 0 Å². The monoisotopic (exact) mass is 299 g/mol. The predicted molar refractivity (Wildman–Crippen MR) is 83.6 cm³/mol. The van der Waals surface area contributed by atoms with Crippen molar-refractivity contribution in [1.82, 2.24) is 15.4 Å². The van der Waals surface area contributed by atoms with E-state index in [-0.39, 0.29) is 17.5 Å². The molecule has 0 spiro atoms. The Morgan fingerprint density at radius 3 is 2.77 bits per heavy atom. The highest BCUT2D eigenvalue weighted by molar-refractivity contribution is 6.04. The summed E-state index contributed by atoms with van der Waals surface area (Å²) in [5.41, 5.74) is 1.04. The van der Waals surface area contributed by atoms with Crippen molar-refractivity contribution >= 4 is 16.9 Å². The van der Waals surface area contributed by atoms with Gasteiger partial charge in [0.15, 0.2) is 11.3 Å². The lowest BCUT2D eigenvalue weighted by Crippen LogP contribution is -2.69. The molecule has 1 amide bonds. The average molecular weight is 299 g/mol. The van der Waals surface area contributed by atoms with Gasteiger partial charge in [0.1, 0.15) is 0 Å². The van der Waals surface area contributed by atoms with Crippen molar-refractivity contribution in [3.05, 3.63) is 30.0 Å². The average Bonchev–Trinajstić information content (AvgIpc) is 2.95. The van der Waals surface area contributed by atoms with E-state index in [1.165, 1.54) is 0 Å². The molecule has 0 unspecified atom stereocenters. The molecule has 2 aromatic rings. The van der Waals surface area contributed by atoms with Crippen LogP contribution in [0.4, 0.5) is 0 Å². The Balaban J connectivity index is 1.62. The van der Waals surface area contributed by atoms with Crippen LogP contribution >= 0.6 is 0 Å². The van der Waals surface area contributed by atoms with Crippen LogP contribution in [0.15, 0.2) is 28.8 Å². The van der Waals surface area contributed by atoms with E-state index in [4.69, 9.17) is 4.52 Å². The molecular formula is C17H21N3O2. The zero-order valence-electron chi connectivity index (χ0n) is 13.0. The number of nitrogens with one attached hydrogen (secondary N) is 1. The van der Waals surface area contributed by atoms with Crippen molar-refractivity contribution in [2.75, 3.05) is 13.1 Å². The summed E-state index contributed by atoms with van der Waals surface area (Å²) in [4.78, 5) is 15.2. The SMILES string of the molecule is CC1(C)[C@H](NC(=O)c2noc3ccccc23)C2CCN1CC2. The lowest BCUT2D eigenvalue weighted by molar-refractivity contribution is -0.0378. The summed E-state index contributed by atoms with van der Waals surface area (Å²) in [5.74, 6) is 0.430. The molecule has 0 aliphatic carbocycles. The molecule has 3 aliphatic heterocycles. The molecule has 3 saturated heterocycles. The van der Waals surface area contributed by atoms with Crippen LogP contribution in [0.2, 0.25) is 0 Å². The maximum absolute atomic E-state index is 12.7. The molecule has 0 radical (unpaired) electrons. The molecule has 1 N–H and O–H groups in total. The van der Waals surface area contributed by atoms with E-state index in [0.717, 1.165) is 31.3 Å². The third-order valence-corrected chi connectivity index (χ3v) is 5.47. The van der Waals surface area contributed by atoms with E-state index < -0.39 is 0 Å². The first-order chi connectivity index (χ1) is 10.6. The van der Waals surface area contributed by atoms with E-state index in [0.29, 0.717) is 17.2 Å². The molecule has 5 nitrogen and oxygen atoms in total. The minimum absolute atomic E-state index is 0.00361. The summed E-state index contributed by atoms with van der Waals surface area (Å²) in [6, 6.07) is 7.65. The van der Waals surface area contributed by atoms with Crippen LogP contribution in [-0.2, 0) is 0 Å². The molecule has 2 bridgehead atoms. The fourth-order valence-electron chi connectivity index (χ4n) is 4.14. The third-order valence-electron chi connectivity index (χ3n) is 5.47. The molecule has 3 aliphatic rings. The molecule has 1 aromatic heterocycles. The number of hydrogen-bond acceptors (Lipinski definition) is 4. The lowest BCUT2D eigenvalue weighted by atomic mass is 9.72. The molecular weight excluding hydrogens is 278 g/mol. The molecule has 22 heavy (non-hydrogen) atoms. The van der Waals surface area contributed by atoms with Gasteiger partial charge in [0, 0.05) is 11.6 Å². The van der Waals surface area contributed by atoms with E-state index in [1.807, 2.05) is 24.3 Å². The first-order valence-electron chi connectivity index (χ1n) is 7.98. The predicted octanol–water partition coefficient (Wildman–Crippen LogP) is 2.43. The third kappa shape index (κ3) is 1.96. The number of piperidine rings is 3. The second-order valence-electron chi connectivity index (χ2n) is 6.96. The van der Waals surface area contributed by atoms with Gasteiger partial charge in [-0.15, -0.1) is 0 Å². The maximum Gasteiger partial charge on any atom is 0.274 e. The van der Waals surface area contributed by atoms with Crippen LogP contribution in [0.5, 0.6) is 0 Å². The fourth-order valence-corrected chi connectivity index (χ4v) is 4.14. The number of carbonyl (C=O) groups is 1. The molecule has 3 fully saturated rings. The van der Waals surface area contributed by atoms with Crippen molar-refractivity contribution in [3.63, 3.8) is 0 Å². The first kappa shape index (κ1) is 13.8. The largest absolute Gasteiger partial charge is 0.355 e. The summed E-state index contributed by atoms with van der Waals surface area (Å²) < 4.78 is 5.25. The van der Waals surface area contributed by atoms with Crippen LogP contribution in [0.25, 0.3) is 11.0 Å². The van der Waals surface area contributed by atoms with Crippen molar-refractivity contribution in [1.29, 1.82) is 0 Å². The Morgan fingerprint density at radius 2 is 2.05 bits per heavy atom. The van der Waals surface area contributed by atoms with Gasteiger partial charge < -0.3 is 9.84 Å². The number of aromatic nitrogens is 1. The van der Waals surface area contributed by atoms with Crippen LogP contribution in [-0.4, -0.2) is 40.6 Å². The second-order valence-corrected chi connectivity index (χ2v) is 6.96. The van der Waals surface area contributed by atoms with Gasteiger partial charge in [0.2, 0.25) is 0 Å². The number of carbonyl (C=O) groups excluding carboxylic acids is 1. The Bertz CT molecular complexity index is 714. The van der Waals surface area contributed by atoms with Gasteiger partial charge in [-0.3, -0.25) is 9.69 Å². The summed E-state index contributed by atoms with van der Waals surface area (Å²) in [5, 5.41) is 7.98. The van der Waals surface area contributed by atoms with E-state index in [9.17, 15) is 4.79 Å². The van der Waals surface area contributed by atoms with Crippen LogP contribution in [0, 0.1) is 5.92 Å². The maximum atomic E-state index is 12.7. The Kier molecular flexibility index (Phi) is 3.01. The van der Waals surface area contributed by atoms with Gasteiger partial charge in [0.05, 0.1) is 5.39 Å². The number of para-hydroxylation sites is 1.